The van der Waals surface area contributed by atoms with Crippen molar-refractivity contribution in [1.82, 2.24) is 0 Å². The van der Waals surface area contributed by atoms with Gasteiger partial charge in [0, 0.05) is 17.9 Å². The first kappa shape index (κ1) is 11.9. The largest absolute Gasteiger partial charge is 0.454 e. The zero-order valence-corrected chi connectivity index (χ0v) is 11.3. The second kappa shape index (κ2) is 3.69. The van der Waals surface area contributed by atoms with Crippen LogP contribution < -0.4 is 0 Å². The summed E-state index contributed by atoms with van der Waals surface area (Å²) in [6, 6.07) is 0. The standard InChI is InChI=1S/C15H20O3/c1-8-10-6-11-9(2)12(16)4-5-15(11,3)7-13(10)18-14(8)17/h9,11,13H,4-7H2,1-3H3/t9-,11-,13-,15+/m0/s1. The summed E-state index contributed by atoms with van der Waals surface area (Å²) in [5.41, 5.74) is 2.10. The Kier molecular flexibility index (Phi) is 2.45. The number of hydrogen-bond acceptors (Lipinski definition) is 3. The Bertz CT molecular complexity index is 462. The summed E-state index contributed by atoms with van der Waals surface area (Å²) in [7, 11) is 0. The lowest BCUT2D eigenvalue weighted by Crippen LogP contribution is -2.46. The molecule has 2 saturated carbocycles. The first-order valence-corrected chi connectivity index (χ1v) is 6.86. The summed E-state index contributed by atoms with van der Waals surface area (Å²) in [5, 5.41) is 0. The number of rotatable bonds is 0. The molecule has 0 aromatic carbocycles. The van der Waals surface area contributed by atoms with Crippen LogP contribution in [0.3, 0.4) is 0 Å². The Balaban J connectivity index is 1.96. The third kappa shape index (κ3) is 1.49. The highest BCUT2D eigenvalue weighted by atomic mass is 16.5. The van der Waals surface area contributed by atoms with Crippen LogP contribution in [-0.4, -0.2) is 17.9 Å². The lowest BCUT2D eigenvalue weighted by molar-refractivity contribution is -0.145. The maximum absolute atomic E-state index is 11.9. The number of fused-ring (bicyclic) bond motifs is 2. The molecule has 0 bridgehead atoms. The van der Waals surface area contributed by atoms with Crippen LogP contribution >= 0.6 is 0 Å². The number of carbonyl (C=O) groups is 2. The summed E-state index contributed by atoms with van der Waals surface area (Å²) >= 11 is 0. The Morgan fingerprint density at radius 3 is 2.78 bits per heavy atom. The molecule has 98 valence electrons. The fourth-order valence-corrected chi connectivity index (χ4v) is 4.10. The molecule has 0 N–H and O–H groups in total. The maximum atomic E-state index is 11.9. The molecule has 1 heterocycles. The summed E-state index contributed by atoms with van der Waals surface area (Å²) in [4.78, 5) is 23.6. The van der Waals surface area contributed by atoms with Gasteiger partial charge in [-0.2, -0.15) is 0 Å². The SMILES string of the molecule is CC1=C2C[C@H]3[C@H](C)C(=O)CC[C@]3(C)C[C@@H]2OC1=O. The molecule has 0 aromatic heterocycles. The van der Waals surface area contributed by atoms with Crippen LogP contribution in [-0.2, 0) is 14.3 Å². The molecule has 0 saturated heterocycles. The van der Waals surface area contributed by atoms with Crippen molar-refractivity contribution in [2.45, 2.75) is 52.6 Å². The molecule has 0 aromatic rings. The number of Topliss-reactive ketones (excluding diaryl/α,β-unsaturated/α-hetero) is 1. The van der Waals surface area contributed by atoms with Crippen molar-refractivity contribution in [2.24, 2.45) is 17.3 Å². The molecule has 2 aliphatic carbocycles. The second-order valence-electron chi connectivity index (χ2n) is 6.47. The fraction of sp³-hybridized carbons (Fsp3) is 0.733. The van der Waals surface area contributed by atoms with Gasteiger partial charge in [-0.3, -0.25) is 4.79 Å². The van der Waals surface area contributed by atoms with E-state index >= 15 is 0 Å². The third-order valence-corrected chi connectivity index (χ3v) is 5.47. The molecule has 3 rings (SSSR count). The summed E-state index contributed by atoms with van der Waals surface area (Å²) in [6.45, 7) is 6.17. The predicted octanol–water partition coefficient (Wildman–Crippen LogP) is 2.64. The molecule has 4 atom stereocenters. The van der Waals surface area contributed by atoms with Gasteiger partial charge in [-0.05, 0) is 43.1 Å². The first-order valence-electron chi connectivity index (χ1n) is 6.86. The first-order chi connectivity index (χ1) is 8.42. The monoisotopic (exact) mass is 248 g/mol. The lowest BCUT2D eigenvalue weighted by Gasteiger charge is -2.49. The van der Waals surface area contributed by atoms with E-state index in [1.165, 1.54) is 0 Å². The average molecular weight is 248 g/mol. The smallest absolute Gasteiger partial charge is 0.334 e. The number of carbonyl (C=O) groups excluding carboxylic acids is 2. The van der Waals surface area contributed by atoms with E-state index in [-0.39, 0.29) is 23.4 Å². The number of ketones is 1. The predicted molar refractivity (Wildman–Crippen MR) is 66.8 cm³/mol. The molecule has 3 aliphatic rings. The fourth-order valence-electron chi connectivity index (χ4n) is 4.10. The van der Waals surface area contributed by atoms with E-state index in [9.17, 15) is 9.59 Å². The van der Waals surface area contributed by atoms with Crippen LogP contribution in [0.4, 0.5) is 0 Å². The molecular weight excluding hydrogens is 228 g/mol. The van der Waals surface area contributed by atoms with E-state index in [0.29, 0.717) is 18.1 Å². The highest BCUT2D eigenvalue weighted by molar-refractivity contribution is 5.92. The van der Waals surface area contributed by atoms with Crippen LogP contribution in [0.1, 0.15) is 46.5 Å². The van der Waals surface area contributed by atoms with Crippen molar-refractivity contribution in [3.8, 4) is 0 Å². The molecule has 0 radical (unpaired) electrons. The van der Waals surface area contributed by atoms with Crippen LogP contribution in [0.5, 0.6) is 0 Å². The summed E-state index contributed by atoms with van der Waals surface area (Å²) in [6.07, 6.45) is 3.38. The van der Waals surface area contributed by atoms with E-state index in [4.69, 9.17) is 4.74 Å². The van der Waals surface area contributed by atoms with Gasteiger partial charge in [0.05, 0.1) is 0 Å². The summed E-state index contributed by atoms with van der Waals surface area (Å²) in [5.74, 6) is 0.741. The van der Waals surface area contributed by atoms with Crippen molar-refractivity contribution in [1.29, 1.82) is 0 Å². The van der Waals surface area contributed by atoms with Crippen LogP contribution in [0, 0.1) is 17.3 Å². The Labute approximate surface area is 108 Å². The second-order valence-corrected chi connectivity index (χ2v) is 6.47. The third-order valence-electron chi connectivity index (χ3n) is 5.47. The van der Waals surface area contributed by atoms with Crippen molar-refractivity contribution >= 4 is 11.8 Å². The van der Waals surface area contributed by atoms with E-state index in [1.54, 1.807) is 0 Å². The Hall–Kier alpha value is -1.12. The van der Waals surface area contributed by atoms with Crippen molar-refractivity contribution in [2.75, 3.05) is 0 Å². The molecule has 3 nitrogen and oxygen atoms in total. The Morgan fingerprint density at radius 2 is 2.06 bits per heavy atom. The van der Waals surface area contributed by atoms with E-state index in [0.717, 1.165) is 30.4 Å². The molecule has 3 heteroatoms. The van der Waals surface area contributed by atoms with Crippen molar-refractivity contribution in [3.05, 3.63) is 11.1 Å². The zero-order chi connectivity index (χ0) is 13.1. The van der Waals surface area contributed by atoms with Gasteiger partial charge in [-0.1, -0.05) is 13.8 Å². The molecular formula is C15H20O3. The van der Waals surface area contributed by atoms with E-state index in [1.807, 2.05) is 6.92 Å². The van der Waals surface area contributed by atoms with Crippen LogP contribution in [0.25, 0.3) is 0 Å². The summed E-state index contributed by atoms with van der Waals surface area (Å²) < 4.78 is 5.46. The zero-order valence-electron chi connectivity index (χ0n) is 11.3. The average Bonchev–Trinajstić information content (AvgIpc) is 2.58. The van der Waals surface area contributed by atoms with Gasteiger partial charge in [0.15, 0.2) is 0 Å². The number of esters is 1. The molecule has 0 amide bonds. The molecule has 2 fully saturated rings. The van der Waals surface area contributed by atoms with Gasteiger partial charge in [-0.25, -0.2) is 4.79 Å². The number of hydrogen-bond donors (Lipinski definition) is 0. The molecule has 0 unspecified atom stereocenters. The minimum atomic E-state index is -0.156. The van der Waals surface area contributed by atoms with Gasteiger partial charge < -0.3 is 4.74 Å². The minimum absolute atomic E-state index is 0.0147. The van der Waals surface area contributed by atoms with Crippen LogP contribution in [0.15, 0.2) is 11.1 Å². The van der Waals surface area contributed by atoms with Gasteiger partial charge in [0.25, 0.3) is 0 Å². The van der Waals surface area contributed by atoms with E-state index in [2.05, 4.69) is 13.8 Å². The molecule has 0 spiro atoms. The highest BCUT2D eigenvalue weighted by Gasteiger charge is 2.52. The molecule has 1 aliphatic heterocycles. The topological polar surface area (TPSA) is 43.4 Å². The van der Waals surface area contributed by atoms with Gasteiger partial charge >= 0.3 is 5.97 Å². The normalized spacial score (nSPS) is 43.6. The maximum Gasteiger partial charge on any atom is 0.334 e. The molecule has 18 heavy (non-hydrogen) atoms. The number of ether oxygens (including phenoxy) is 1. The van der Waals surface area contributed by atoms with Gasteiger partial charge in [0.1, 0.15) is 11.9 Å². The van der Waals surface area contributed by atoms with Gasteiger partial charge in [-0.15, -0.1) is 0 Å². The van der Waals surface area contributed by atoms with Crippen molar-refractivity contribution in [3.63, 3.8) is 0 Å². The Morgan fingerprint density at radius 1 is 1.33 bits per heavy atom. The van der Waals surface area contributed by atoms with Crippen LogP contribution in [0.2, 0.25) is 0 Å². The van der Waals surface area contributed by atoms with Gasteiger partial charge in [0.2, 0.25) is 0 Å². The highest BCUT2D eigenvalue weighted by Crippen LogP contribution is 2.55. The van der Waals surface area contributed by atoms with E-state index < -0.39 is 0 Å². The van der Waals surface area contributed by atoms with Crippen molar-refractivity contribution < 1.29 is 14.3 Å². The lowest BCUT2D eigenvalue weighted by atomic mass is 9.55. The minimum Gasteiger partial charge on any atom is -0.454 e. The quantitative estimate of drug-likeness (QED) is 0.619.